The third-order valence-electron chi connectivity index (χ3n) is 4.45. The molecule has 1 atom stereocenters. The number of rotatable bonds is 6. The first-order valence-electron chi connectivity index (χ1n) is 8.68. The molecule has 0 aliphatic rings. The maximum atomic E-state index is 13.1. The molecule has 10 heteroatoms. The van der Waals surface area contributed by atoms with Gasteiger partial charge in [0.1, 0.15) is 0 Å². The zero-order chi connectivity index (χ0) is 22.7. The van der Waals surface area contributed by atoms with Crippen LogP contribution in [0.1, 0.15) is 33.5 Å². The number of hydrogen-bond acceptors (Lipinski definition) is 2. The van der Waals surface area contributed by atoms with Gasteiger partial charge in [-0.1, -0.05) is 30.3 Å². The summed E-state index contributed by atoms with van der Waals surface area (Å²) in [5, 5.41) is 0. The Morgan fingerprint density at radius 1 is 0.933 bits per heavy atom. The van der Waals surface area contributed by atoms with E-state index < -0.39 is 46.9 Å². The van der Waals surface area contributed by atoms with Gasteiger partial charge >= 0.3 is 12.4 Å². The van der Waals surface area contributed by atoms with Gasteiger partial charge in [-0.3, -0.25) is 9.59 Å². The van der Waals surface area contributed by atoms with Crippen molar-refractivity contribution in [2.45, 2.75) is 31.2 Å². The van der Waals surface area contributed by atoms with E-state index in [4.69, 9.17) is 5.73 Å². The van der Waals surface area contributed by atoms with E-state index in [1.807, 2.05) is 0 Å². The number of primary amides is 1. The maximum Gasteiger partial charge on any atom is 0.416 e. The Bertz CT molecular complexity index is 877. The summed E-state index contributed by atoms with van der Waals surface area (Å²) < 4.78 is 78.4. The van der Waals surface area contributed by atoms with Gasteiger partial charge in [0.15, 0.2) is 0 Å². The van der Waals surface area contributed by atoms with E-state index in [9.17, 15) is 35.9 Å². The van der Waals surface area contributed by atoms with Gasteiger partial charge in [0.05, 0.1) is 11.1 Å². The number of alkyl halides is 6. The average molecular weight is 432 g/mol. The van der Waals surface area contributed by atoms with E-state index in [1.54, 1.807) is 30.3 Å². The molecule has 0 radical (unpaired) electrons. The van der Waals surface area contributed by atoms with Crippen LogP contribution in [0.2, 0.25) is 0 Å². The highest BCUT2D eigenvalue weighted by Crippen LogP contribution is 2.36. The topological polar surface area (TPSA) is 63.4 Å². The fourth-order valence-electron chi connectivity index (χ4n) is 2.91. The van der Waals surface area contributed by atoms with Crippen molar-refractivity contribution in [1.82, 2.24) is 4.90 Å². The molecule has 0 saturated heterocycles. The molecule has 2 amide bonds. The van der Waals surface area contributed by atoms with E-state index in [-0.39, 0.29) is 18.9 Å². The molecule has 0 heterocycles. The number of amides is 2. The van der Waals surface area contributed by atoms with Crippen molar-refractivity contribution >= 4 is 11.8 Å². The van der Waals surface area contributed by atoms with Crippen LogP contribution in [0.15, 0.2) is 48.5 Å². The summed E-state index contributed by atoms with van der Waals surface area (Å²) in [5.41, 5.74) is 1.95. The largest absolute Gasteiger partial charge is 0.416 e. The molecule has 4 nitrogen and oxygen atoms in total. The van der Waals surface area contributed by atoms with Crippen LogP contribution >= 0.6 is 0 Å². The lowest BCUT2D eigenvalue weighted by Gasteiger charge is -2.28. The predicted octanol–water partition coefficient (Wildman–Crippen LogP) is 4.28. The first-order chi connectivity index (χ1) is 13.8. The van der Waals surface area contributed by atoms with E-state index in [2.05, 4.69) is 0 Å². The summed E-state index contributed by atoms with van der Waals surface area (Å²) >= 11 is 0. The lowest BCUT2D eigenvalue weighted by atomic mass is 9.99. The van der Waals surface area contributed by atoms with Gasteiger partial charge < -0.3 is 10.6 Å². The molecule has 2 N–H and O–H groups in total. The monoisotopic (exact) mass is 432 g/mol. The van der Waals surface area contributed by atoms with Crippen LogP contribution in [0, 0.1) is 0 Å². The van der Waals surface area contributed by atoms with Crippen molar-refractivity contribution in [3.8, 4) is 0 Å². The molecule has 0 saturated carbocycles. The molecule has 0 aliphatic carbocycles. The van der Waals surface area contributed by atoms with E-state index >= 15 is 0 Å². The first kappa shape index (κ1) is 23.2. The van der Waals surface area contributed by atoms with E-state index in [0.29, 0.717) is 17.7 Å². The lowest BCUT2D eigenvalue weighted by Crippen LogP contribution is -2.41. The van der Waals surface area contributed by atoms with Crippen molar-refractivity contribution in [3.05, 3.63) is 70.8 Å². The first-order valence-corrected chi connectivity index (χ1v) is 8.68. The molecule has 0 aliphatic heterocycles. The third-order valence-corrected chi connectivity index (χ3v) is 4.45. The molecule has 2 rings (SSSR count). The summed E-state index contributed by atoms with van der Waals surface area (Å²) in [6.07, 6.45) is -10.3. The molecule has 0 unspecified atom stereocenters. The Balaban J connectivity index is 2.43. The lowest BCUT2D eigenvalue weighted by molar-refractivity contribution is -0.143. The quantitative estimate of drug-likeness (QED) is 0.693. The van der Waals surface area contributed by atoms with Crippen LogP contribution in [0.3, 0.4) is 0 Å². The average Bonchev–Trinajstić information content (AvgIpc) is 2.65. The van der Waals surface area contributed by atoms with Gasteiger partial charge in [-0.05, 0) is 30.2 Å². The van der Waals surface area contributed by atoms with Crippen LogP contribution in [0.25, 0.3) is 0 Å². The Labute approximate surface area is 168 Å². The minimum Gasteiger partial charge on any atom is -0.370 e. The van der Waals surface area contributed by atoms with Gasteiger partial charge in [-0.15, -0.1) is 0 Å². The molecular weight excluding hydrogens is 414 g/mol. The molecule has 30 heavy (non-hydrogen) atoms. The SMILES string of the molecule is CN(C(=O)c1cc(C(F)(F)F)cc(C(F)(F)F)c1)[C@@H](CC(N)=O)Cc1ccccc1. The highest BCUT2D eigenvalue weighted by molar-refractivity contribution is 5.95. The Hall–Kier alpha value is -3.04. The summed E-state index contributed by atoms with van der Waals surface area (Å²) in [6, 6.07) is 8.37. The van der Waals surface area contributed by atoms with Gasteiger partial charge in [-0.25, -0.2) is 0 Å². The van der Waals surface area contributed by atoms with Gasteiger partial charge in [0, 0.05) is 25.1 Å². The smallest absolute Gasteiger partial charge is 0.370 e. The molecule has 2 aromatic rings. The second kappa shape index (κ2) is 8.76. The molecular formula is C20H18F6N2O2. The van der Waals surface area contributed by atoms with Crippen molar-refractivity contribution in [2.24, 2.45) is 5.73 Å². The summed E-state index contributed by atoms with van der Waals surface area (Å²) in [4.78, 5) is 25.1. The van der Waals surface area contributed by atoms with Gasteiger partial charge in [0.2, 0.25) is 5.91 Å². The molecule has 0 aromatic heterocycles. The zero-order valence-corrected chi connectivity index (χ0v) is 15.7. The Morgan fingerprint density at radius 3 is 1.87 bits per heavy atom. The second-order valence-corrected chi connectivity index (χ2v) is 6.72. The fraction of sp³-hybridized carbons (Fsp3) is 0.300. The van der Waals surface area contributed by atoms with Crippen molar-refractivity contribution in [2.75, 3.05) is 7.05 Å². The summed E-state index contributed by atoms with van der Waals surface area (Å²) in [6.45, 7) is 0. The summed E-state index contributed by atoms with van der Waals surface area (Å²) in [7, 11) is 1.20. The van der Waals surface area contributed by atoms with E-state index in [0.717, 1.165) is 4.90 Å². The zero-order valence-electron chi connectivity index (χ0n) is 15.7. The number of hydrogen-bond donors (Lipinski definition) is 1. The number of halogens is 6. The third kappa shape index (κ3) is 5.98. The minimum absolute atomic E-state index is 0.0539. The molecule has 0 bridgehead atoms. The van der Waals surface area contributed by atoms with Crippen LogP contribution in [-0.4, -0.2) is 29.8 Å². The molecule has 2 aromatic carbocycles. The second-order valence-electron chi connectivity index (χ2n) is 6.72. The number of benzene rings is 2. The van der Waals surface area contributed by atoms with E-state index in [1.165, 1.54) is 7.05 Å². The van der Waals surface area contributed by atoms with Crippen molar-refractivity contribution in [1.29, 1.82) is 0 Å². The Kier molecular flexibility index (Phi) is 6.79. The standard InChI is InChI=1S/C20H18F6N2O2/c1-28(16(11-17(27)29)7-12-5-3-2-4-6-12)18(30)13-8-14(19(21,22)23)10-15(9-13)20(24,25)26/h2-6,8-10,16H,7,11H2,1H3,(H2,27,29)/t16-/m1/s1. The van der Waals surface area contributed by atoms with Gasteiger partial charge in [-0.2, -0.15) is 26.3 Å². The number of likely N-dealkylation sites (N-methyl/N-ethyl adjacent to an activating group) is 1. The van der Waals surface area contributed by atoms with Crippen molar-refractivity contribution in [3.63, 3.8) is 0 Å². The minimum atomic E-state index is -5.08. The summed E-state index contributed by atoms with van der Waals surface area (Å²) in [5.74, 6) is -1.86. The highest BCUT2D eigenvalue weighted by Gasteiger charge is 2.38. The fourth-order valence-corrected chi connectivity index (χ4v) is 2.91. The van der Waals surface area contributed by atoms with Crippen LogP contribution in [0.5, 0.6) is 0 Å². The normalized spacial score (nSPS) is 13.0. The van der Waals surface area contributed by atoms with Crippen LogP contribution < -0.4 is 5.73 Å². The van der Waals surface area contributed by atoms with Crippen LogP contribution in [-0.2, 0) is 23.6 Å². The molecule has 0 fully saturated rings. The van der Waals surface area contributed by atoms with Crippen molar-refractivity contribution < 1.29 is 35.9 Å². The number of nitrogens with two attached hydrogens (primary N) is 1. The number of carbonyl (C=O) groups excluding carboxylic acids is 2. The molecule has 162 valence electrons. The highest BCUT2D eigenvalue weighted by atomic mass is 19.4. The van der Waals surface area contributed by atoms with Gasteiger partial charge in [0.25, 0.3) is 5.91 Å². The van der Waals surface area contributed by atoms with Crippen LogP contribution in [0.4, 0.5) is 26.3 Å². The predicted molar refractivity (Wildman–Crippen MR) is 96.3 cm³/mol. The number of nitrogens with zero attached hydrogens (tertiary/aromatic N) is 1. The maximum absolute atomic E-state index is 13.1. The Morgan fingerprint density at radius 2 is 1.43 bits per heavy atom. The molecule has 0 spiro atoms. The number of carbonyl (C=O) groups is 2.